The van der Waals surface area contributed by atoms with Gasteiger partial charge in [0.05, 0.1) is 21.9 Å². The number of anilines is 1. The first-order chi connectivity index (χ1) is 13.7. The molecule has 1 unspecified atom stereocenters. The summed E-state index contributed by atoms with van der Waals surface area (Å²) < 4.78 is 17.3. The van der Waals surface area contributed by atoms with Crippen LogP contribution in [-0.2, 0) is 4.79 Å². The van der Waals surface area contributed by atoms with Crippen molar-refractivity contribution in [1.82, 2.24) is 15.6 Å². The molecule has 29 heavy (non-hydrogen) atoms. The first-order valence-electron chi connectivity index (χ1n) is 8.21. The fourth-order valence-electron chi connectivity index (χ4n) is 2.01. The van der Waals surface area contributed by atoms with Gasteiger partial charge in [-0.15, -0.1) is 0 Å². The zero-order chi connectivity index (χ0) is 21.6. The number of aliphatic hydroxyl groups is 2. The average molecular weight is 492 g/mol. The Kier molecular flexibility index (Phi) is 7.96. The van der Waals surface area contributed by atoms with Gasteiger partial charge in [-0.2, -0.15) is 0 Å². The van der Waals surface area contributed by atoms with Gasteiger partial charge in [0.1, 0.15) is 5.82 Å². The predicted molar refractivity (Wildman–Crippen MR) is 106 cm³/mol. The van der Waals surface area contributed by atoms with Gasteiger partial charge in [0.2, 0.25) is 11.7 Å². The van der Waals surface area contributed by atoms with Crippen molar-refractivity contribution in [2.24, 2.45) is 5.16 Å². The number of nitrogens with one attached hydrogen (secondary N) is 2. The monoisotopic (exact) mass is 491 g/mol. The van der Waals surface area contributed by atoms with Crippen LogP contribution in [0.1, 0.15) is 19.5 Å². The standard InChI is InChI=1S/C16H19BrFN5O5S/c1-16(2,15(26)19-6-9(25)7-24)29-14-12(22-28-23-14)13(21-27)20-8-3-4-11(18)10(17)5-8/h3-5,9,24-25,27H,6-7H2,1-2H3,(H,19,26)(H,20,21). The number of oxime groups is 1. The van der Waals surface area contributed by atoms with Gasteiger partial charge in [-0.05, 0) is 58.3 Å². The predicted octanol–water partition coefficient (Wildman–Crippen LogP) is 1.56. The van der Waals surface area contributed by atoms with Gasteiger partial charge < -0.3 is 26.1 Å². The molecular weight excluding hydrogens is 473 g/mol. The summed E-state index contributed by atoms with van der Waals surface area (Å²) in [5, 5.41) is 43.6. The molecule has 1 amide bonds. The van der Waals surface area contributed by atoms with Crippen molar-refractivity contribution in [3.05, 3.63) is 34.2 Å². The fraction of sp³-hybridized carbons (Fsp3) is 0.375. The molecule has 1 atom stereocenters. The summed E-state index contributed by atoms with van der Waals surface area (Å²) in [7, 11) is 0. The summed E-state index contributed by atoms with van der Waals surface area (Å²) in [6.07, 6.45) is -1.07. The fourth-order valence-corrected chi connectivity index (χ4v) is 3.34. The van der Waals surface area contributed by atoms with E-state index >= 15 is 0 Å². The minimum absolute atomic E-state index is 0.0363. The van der Waals surface area contributed by atoms with Crippen molar-refractivity contribution in [1.29, 1.82) is 0 Å². The van der Waals surface area contributed by atoms with E-state index in [9.17, 15) is 19.5 Å². The van der Waals surface area contributed by atoms with Gasteiger partial charge in [0, 0.05) is 12.2 Å². The Bertz CT molecular complexity index is 894. The third kappa shape index (κ3) is 6.13. The number of carbonyl (C=O) groups excluding carboxylic acids is 1. The SMILES string of the molecule is CC(C)(Sc1nonc1C(=NO)Nc1ccc(F)c(Br)c1)C(=O)NCC(O)CO. The molecule has 2 aromatic rings. The van der Waals surface area contributed by atoms with E-state index in [0.717, 1.165) is 11.8 Å². The largest absolute Gasteiger partial charge is 0.409 e. The Balaban J connectivity index is 2.15. The van der Waals surface area contributed by atoms with Crippen LogP contribution < -0.4 is 10.6 Å². The molecule has 0 aliphatic rings. The lowest BCUT2D eigenvalue weighted by molar-refractivity contribution is -0.123. The van der Waals surface area contributed by atoms with Crippen LogP contribution in [0.5, 0.6) is 0 Å². The van der Waals surface area contributed by atoms with Crippen LogP contribution >= 0.6 is 27.7 Å². The highest BCUT2D eigenvalue weighted by molar-refractivity contribution is 9.10. The van der Waals surface area contributed by atoms with E-state index in [1.165, 1.54) is 18.2 Å². The lowest BCUT2D eigenvalue weighted by Gasteiger charge is -2.22. The number of carbonyl (C=O) groups is 1. The van der Waals surface area contributed by atoms with Gasteiger partial charge in [-0.3, -0.25) is 4.79 Å². The second-order valence-corrected chi connectivity index (χ2v) is 8.75. The highest BCUT2D eigenvalue weighted by Crippen LogP contribution is 2.33. The zero-order valence-electron chi connectivity index (χ0n) is 15.4. The number of hydrogen-bond acceptors (Lipinski definition) is 9. The Hall–Kier alpha value is -2.22. The van der Waals surface area contributed by atoms with Crippen LogP contribution in [0.2, 0.25) is 0 Å². The smallest absolute Gasteiger partial charge is 0.236 e. The highest BCUT2D eigenvalue weighted by Gasteiger charge is 2.33. The van der Waals surface area contributed by atoms with Crippen molar-refractivity contribution in [2.75, 3.05) is 18.5 Å². The molecule has 0 saturated carbocycles. The Morgan fingerprint density at radius 3 is 2.79 bits per heavy atom. The maximum atomic E-state index is 13.4. The van der Waals surface area contributed by atoms with Gasteiger partial charge >= 0.3 is 0 Å². The van der Waals surface area contributed by atoms with Crippen LogP contribution in [0, 0.1) is 5.82 Å². The number of nitrogens with zero attached hydrogens (tertiary/aromatic N) is 3. The molecule has 0 radical (unpaired) electrons. The van der Waals surface area contributed by atoms with Crippen molar-refractivity contribution in [3.8, 4) is 0 Å². The molecule has 0 fully saturated rings. The molecule has 158 valence electrons. The quantitative estimate of drug-likeness (QED) is 0.121. The van der Waals surface area contributed by atoms with E-state index in [1.807, 2.05) is 0 Å². The normalized spacial score (nSPS) is 13.2. The first-order valence-corrected chi connectivity index (χ1v) is 9.82. The second kappa shape index (κ2) is 10.0. The van der Waals surface area contributed by atoms with Crippen molar-refractivity contribution >= 4 is 45.1 Å². The van der Waals surface area contributed by atoms with Gasteiger partial charge in [0.25, 0.3) is 0 Å². The van der Waals surface area contributed by atoms with E-state index in [0.29, 0.717) is 5.69 Å². The van der Waals surface area contributed by atoms with E-state index in [1.54, 1.807) is 13.8 Å². The van der Waals surface area contributed by atoms with Crippen molar-refractivity contribution in [2.45, 2.75) is 29.7 Å². The number of rotatable bonds is 8. The number of halogens is 2. The summed E-state index contributed by atoms with van der Waals surface area (Å²) in [6, 6.07) is 4.08. The van der Waals surface area contributed by atoms with Gasteiger partial charge in [-0.25, -0.2) is 9.02 Å². The number of thioether (sulfide) groups is 1. The Labute approximate surface area is 177 Å². The number of benzene rings is 1. The lowest BCUT2D eigenvalue weighted by Crippen LogP contribution is -2.43. The lowest BCUT2D eigenvalue weighted by atomic mass is 10.2. The van der Waals surface area contributed by atoms with Gasteiger partial charge in [0.15, 0.2) is 10.7 Å². The highest BCUT2D eigenvalue weighted by atomic mass is 79.9. The topological polar surface area (TPSA) is 153 Å². The molecule has 0 spiro atoms. The van der Waals surface area contributed by atoms with E-state index in [4.69, 9.17) is 9.74 Å². The maximum Gasteiger partial charge on any atom is 0.236 e. The van der Waals surface area contributed by atoms with E-state index in [-0.39, 0.29) is 27.6 Å². The zero-order valence-corrected chi connectivity index (χ0v) is 17.8. The molecule has 5 N–H and O–H groups in total. The summed E-state index contributed by atoms with van der Waals surface area (Å²) in [5.41, 5.74) is 0.439. The molecule has 0 aliphatic carbocycles. The summed E-state index contributed by atoms with van der Waals surface area (Å²) in [4.78, 5) is 12.4. The van der Waals surface area contributed by atoms with Crippen LogP contribution in [0.4, 0.5) is 10.1 Å². The molecule has 0 saturated heterocycles. The molecule has 1 aromatic heterocycles. The molecule has 1 heterocycles. The minimum Gasteiger partial charge on any atom is -0.409 e. The van der Waals surface area contributed by atoms with Gasteiger partial charge in [-0.1, -0.05) is 16.9 Å². The molecular formula is C16H19BrFN5O5S. The third-order valence-electron chi connectivity index (χ3n) is 3.57. The molecule has 0 bridgehead atoms. The van der Waals surface area contributed by atoms with Crippen LogP contribution in [0.15, 0.2) is 37.5 Å². The third-order valence-corrected chi connectivity index (χ3v) is 5.34. The van der Waals surface area contributed by atoms with Crippen molar-refractivity contribution in [3.63, 3.8) is 0 Å². The van der Waals surface area contributed by atoms with Crippen molar-refractivity contribution < 1.29 is 29.2 Å². The minimum atomic E-state index is -1.07. The summed E-state index contributed by atoms with van der Waals surface area (Å²) in [6.45, 7) is 2.62. The molecule has 0 aliphatic heterocycles. The number of amidine groups is 1. The molecule has 2 rings (SSSR count). The van der Waals surface area contributed by atoms with E-state index < -0.39 is 29.2 Å². The molecule has 10 nitrogen and oxygen atoms in total. The summed E-state index contributed by atoms with van der Waals surface area (Å²) in [5.74, 6) is -1.02. The van der Waals surface area contributed by atoms with Crippen LogP contribution in [0.25, 0.3) is 0 Å². The Morgan fingerprint density at radius 2 is 2.17 bits per heavy atom. The first kappa shape index (κ1) is 23.1. The molecule has 13 heteroatoms. The second-order valence-electron chi connectivity index (χ2n) is 6.28. The van der Waals surface area contributed by atoms with Crippen LogP contribution in [0.3, 0.4) is 0 Å². The average Bonchev–Trinajstić information content (AvgIpc) is 3.13. The Morgan fingerprint density at radius 1 is 1.45 bits per heavy atom. The number of amides is 1. The van der Waals surface area contributed by atoms with Crippen LogP contribution in [-0.4, -0.2) is 61.5 Å². The number of aromatic nitrogens is 2. The summed E-state index contributed by atoms with van der Waals surface area (Å²) >= 11 is 4.04. The number of aliphatic hydroxyl groups excluding tert-OH is 2. The molecule has 1 aromatic carbocycles. The van der Waals surface area contributed by atoms with E-state index in [2.05, 4.69) is 42.0 Å². The maximum absolute atomic E-state index is 13.4. The number of hydrogen-bond donors (Lipinski definition) is 5.